The maximum atomic E-state index is 4.85. The smallest absolute Gasteiger partial charge is 0.191 e. The lowest BCUT2D eigenvalue weighted by Crippen LogP contribution is -2.39. The normalized spacial score (nSPS) is 12.6. The molecule has 0 radical (unpaired) electrons. The molecule has 3 aromatic rings. The van der Waals surface area contributed by atoms with E-state index >= 15 is 0 Å². The van der Waals surface area contributed by atoms with Gasteiger partial charge in [-0.05, 0) is 17.5 Å². The van der Waals surface area contributed by atoms with Crippen LogP contribution >= 0.6 is 0 Å². The van der Waals surface area contributed by atoms with Crippen LogP contribution < -0.4 is 10.6 Å². The number of nitrogens with zero attached hydrogens (tertiary/aromatic N) is 2. The Morgan fingerprint density at radius 1 is 1.00 bits per heavy atom. The number of aromatic nitrogens is 1. The van der Waals surface area contributed by atoms with E-state index in [0.29, 0.717) is 12.5 Å². The van der Waals surface area contributed by atoms with Gasteiger partial charge in [-0.2, -0.15) is 0 Å². The Morgan fingerprint density at radius 2 is 1.73 bits per heavy atom. The molecular formula is C21H24N4O. The molecule has 0 fully saturated rings. The molecule has 2 aromatic carbocycles. The van der Waals surface area contributed by atoms with Crippen LogP contribution in [0, 0.1) is 0 Å². The number of nitrogens with one attached hydrogen (secondary N) is 2. The first-order chi connectivity index (χ1) is 12.8. The lowest BCUT2D eigenvalue weighted by atomic mass is 9.92. The van der Waals surface area contributed by atoms with Crippen molar-refractivity contribution in [2.24, 2.45) is 4.99 Å². The Labute approximate surface area is 154 Å². The van der Waals surface area contributed by atoms with Gasteiger partial charge in [0.2, 0.25) is 0 Å². The average Bonchev–Trinajstić information content (AvgIpc) is 3.22. The third-order valence-electron chi connectivity index (χ3n) is 4.26. The van der Waals surface area contributed by atoms with Gasteiger partial charge in [0, 0.05) is 25.6 Å². The first-order valence-electron chi connectivity index (χ1n) is 8.78. The molecule has 0 aliphatic rings. The van der Waals surface area contributed by atoms with Gasteiger partial charge in [-0.25, -0.2) is 0 Å². The van der Waals surface area contributed by atoms with Gasteiger partial charge in [-0.1, -0.05) is 65.8 Å². The Kier molecular flexibility index (Phi) is 6.42. The molecule has 0 spiro atoms. The van der Waals surface area contributed by atoms with Crippen LogP contribution in [-0.2, 0) is 13.0 Å². The number of rotatable bonds is 7. The summed E-state index contributed by atoms with van der Waals surface area (Å²) in [6, 6.07) is 23.0. The maximum Gasteiger partial charge on any atom is 0.191 e. The zero-order valence-corrected chi connectivity index (χ0v) is 14.9. The molecule has 0 bridgehead atoms. The van der Waals surface area contributed by atoms with Gasteiger partial charge in [0.15, 0.2) is 5.96 Å². The van der Waals surface area contributed by atoms with Gasteiger partial charge < -0.3 is 15.2 Å². The summed E-state index contributed by atoms with van der Waals surface area (Å²) in [5.74, 6) is 1.10. The molecule has 0 amide bonds. The Balaban J connectivity index is 1.63. The molecule has 0 aliphatic heterocycles. The van der Waals surface area contributed by atoms with Crippen molar-refractivity contribution in [2.45, 2.75) is 18.9 Å². The van der Waals surface area contributed by atoms with Gasteiger partial charge in [-0.3, -0.25) is 4.99 Å². The van der Waals surface area contributed by atoms with E-state index in [1.165, 1.54) is 11.1 Å². The minimum atomic E-state index is 0.351. The summed E-state index contributed by atoms with van der Waals surface area (Å²) in [6.07, 6.45) is 2.54. The number of hydrogen-bond donors (Lipinski definition) is 2. The summed E-state index contributed by atoms with van der Waals surface area (Å²) in [5.41, 5.74) is 3.49. The second kappa shape index (κ2) is 9.42. The second-order valence-electron chi connectivity index (χ2n) is 6.09. The molecular weight excluding hydrogens is 324 g/mol. The number of hydrogen-bond acceptors (Lipinski definition) is 3. The van der Waals surface area contributed by atoms with Crippen LogP contribution in [-0.4, -0.2) is 24.7 Å². The zero-order chi connectivity index (χ0) is 18.0. The average molecular weight is 348 g/mol. The predicted molar refractivity (Wildman–Crippen MR) is 104 cm³/mol. The van der Waals surface area contributed by atoms with E-state index in [1.807, 2.05) is 6.07 Å². The topological polar surface area (TPSA) is 62.5 Å². The highest BCUT2D eigenvalue weighted by atomic mass is 16.5. The monoisotopic (exact) mass is 348 g/mol. The molecule has 2 N–H and O–H groups in total. The predicted octanol–water partition coefficient (Wildman–Crippen LogP) is 3.37. The van der Waals surface area contributed by atoms with Crippen LogP contribution in [0.1, 0.15) is 22.7 Å². The molecule has 1 aromatic heterocycles. The van der Waals surface area contributed by atoms with Crippen molar-refractivity contribution in [3.05, 3.63) is 89.8 Å². The molecule has 134 valence electrons. The van der Waals surface area contributed by atoms with Crippen molar-refractivity contribution < 1.29 is 4.52 Å². The summed E-state index contributed by atoms with van der Waals surface area (Å²) >= 11 is 0. The first-order valence-corrected chi connectivity index (χ1v) is 8.78. The van der Waals surface area contributed by atoms with Gasteiger partial charge in [0.05, 0.1) is 6.54 Å². The molecule has 0 aliphatic carbocycles. The first kappa shape index (κ1) is 17.7. The van der Waals surface area contributed by atoms with E-state index < -0.39 is 0 Å². The number of guanidine groups is 1. The molecule has 0 saturated heterocycles. The van der Waals surface area contributed by atoms with Crippen molar-refractivity contribution in [1.29, 1.82) is 0 Å². The summed E-state index contributed by atoms with van der Waals surface area (Å²) in [5, 5.41) is 10.6. The summed E-state index contributed by atoms with van der Waals surface area (Å²) in [6.45, 7) is 1.36. The Bertz CT molecular complexity index is 785. The molecule has 3 rings (SSSR count). The number of benzene rings is 2. The zero-order valence-electron chi connectivity index (χ0n) is 14.9. The lowest BCUT2D eigenvalue weighted by Gasteiger charge is -2.20. The van der Waals surface area contributed by atoms with Gasteiger partial charge in [0.25, 0.3) is 0 Å². The van der Waals surface area contributed by atoms with E-state index in [-0.39, 0.29) is 0 Å². The minimum absolute atomic E-state index is 0.351. The highest BCUT2D eigenvalue weighted by Crippen LogP contribution is 2.20. The Morgan fingerprint density at radius 3 is 2.38 bits per heavy atom. The highest BCUT2D eigenvalue weighted by molar-refractivity contribution is 5.79. The van der Waals surface area contributed by atoms with E-state index in [0.717, 1.165) is 24.6 Å². The van der Waals surface area contributed by atoms with Crippen LogP contribution in [0.15, 0.2) is 82.5 Å². The van der Waals surface area contributed by atoms with Crippen LogP contribution in [0.3, 0.4) is 0 Å². The SMILES string of the molecule is CN=C(NCc1ccon1)NCC(Cc1ccccc1)c1ccccc1. The van der Waals surface area contributed by atoms with Gasteiger partial charge >= 0.3 is 0 Å². The van der Waals surface area contributed by atoms with Crippen molar-refractivity contribution in [3.63, 3.8) is 0 Å². The minimum Gasteiger partial charge on any atom is -0.364 e. The fourth-order valence-electron chi connectivity index (χ4n) is 2.88. The molecule has 1 unspecified atom stereocenters. The van der Waals surface area contributed by atoms with E-state index in [1.54, 1.807) is 13.3 Å². The molecule has 0 saturated carbocycles. The fourth-order valence-corrected chi connectivity index (χ4v) is 2.88. The largest absolute Gasteiger partial charge is 0.364 e. The maximum absolute atomic E-state index is 4.85. The summed E-state index contributed by atoms with van der Waals surface area (Å²) < 4.78 is 4.85. The van der Waals surface area contributed by atoms with Crippen molar-refractivity contribution in [3.8, 4) is 0 Å². The van der Waals surface area contributed by atoms with E-state index in [9.17, 15) is 0 Å². The van der Waals surface area contributed by atoms with Crippen LogP contribution in [0.4, 0.5) is 0 Å². The van der Waals surface area contributed by atoms with Crippen molar-refractivity contribution >= 4 is 5.96 Å². The lowest BCUT2D eigenvalue weighted by molar-refractivity contribution is 0.410. The second-order valence-corrected chi connectivity index (χ2v) is 6.09. The summed E-state index contributed by atoms with van der Waals surface area (Å²) in [4.78, 5) is 4.30. The third kappa shape index (κ3) is 5.21. The molecule has 1 atom stereocenters. The number of aliphatic imine (C=N–C) groups is 1. The molecule has 1 heterocycles. The van der Waals surface area contributed by atoms with Crippen LogP contribution in [0.5, 0.6) is 0 Å². The van der Waals surface area contributed by atoms with Crippen LogP contribution in [0.2, 0.25) is 0 Å². The molecule has 26 heavy (non-hydrogen) atoms. The standard InChI is InChI=1S/C21H24N4O/c1-22-21(24-16-20-12-13-26-25-20)23-15-19(18-10-6-3-7-11-18)14-17-8-4-2-5-9-17/h2-13,19H,14-16H2,1H3,(H2,22,23,24). The molecule has 5 heteroatoms. The fraction of sp³-hybridized carbons (Fsp3) is 0.238. The van der Waals surface area contributed by atoms with Crippen LogP contribution in [0.25, 0.3) is 0 Å². The Hall–Kier alpha value is -3.08. The van der Waals surface area contributed by atoms with Gasteiger partial charge in [-0.15, -0.1) is 0 Å². The molecule has 5 nitrogen and oxygen atoms in total. The third-order valence-corrected chi connectivity index (χ3v) is 4.26. The highest BCUT2D eigenvalue weighted by Gasteiger charge is 2.13. The van der Waals surface area contributed by atoms with E-state index in [4.69, 9.17) is 4.52 Å². The van der Waals surface area contributed by atoms with Crippen molar-refractivity contribution in [2.75, 3.05) is 13.6 Å². The summed E-state index contributed by atoms with van der Waals surface area (Å²) in [7, 11) is 1.77. The van der Waals surface area contributed by atoms with E-state index in [2.05, 4.69) is 81.4 Å². The van der Waals surface area contributed by atoms with Crippen molar-refractivity contribution in [1.82, 2.24) is 15.8 Å². The van der Waals surface area contributed by atoms with Gasteiger partial charge in [0.1, 0.15) is 12.0 Å². The quantitative estimate of drug-likeness (QED) is 0.508.